The van der Waals surface area contributed by atoms with Crippen LogP contribution in [0.2, 0.25) is 10.0 Å². The molecule has 0 radical (unpaired) electrons. The molecule has 3 aromatic rings. The number of nitrogens with zero attached hydrogens (tertiary/aromatic N) is 4. The van der Waals surface area contributed by atoms with E-state index in [2.05, 4.69) is 15.5 Å². The summed E-state index contributed by atoms with van der Waals surface area (Å²) < 4.78 is 41.3. The number of carbonyl (C=O) groups is 1. The fourth-order valence-electron chi connectivity index (χ4n) is 2.90. The second-order valence-electron chi connectivity index (χ2n) is 6.86. The Kier molecular flexibility index (Phi) is 6.14. The highest BCUT2D eigenvalue weighted by Gasteiger charge is 2.35. The van der Waals surface area contributed by atoms with E-state index in [9.17, 15) is 18.0 Å². The lowest BCUT2D eigenvalue weighted by Gasteiger charge is -2.13. The Bertz CT molecular complexity index is 1090. The van der Waals surface area contributed by atoms with Crippen LogP contribution in [0.1, 0.15) is 35.6 Å². The first-order valence-electron chi connectivity index (χ1n) is 8.88. The Hall–Kier alpha value is -2.52. The zero-order valence-electron chi connectivity index (χ0n) is 16.3. The summed E-state index contributed by atoms with van der Waals surface area (Å²) in [6, 6.07) is 6.84. The monoisotopic (exact) mass is 459 g/mol. The molecule has 1 N–H and O–H groups in total. The van der Waals surface area contributed by atoms with Crippen LogP contribution in [-0.4, -0.2) is 25.5 Å². The van der Waals surface area contributed by atoms with Gasteiger partial charge in [0.15, 0.2) is 11.5 Å². The number of benzene rings is 1. The maximum atomic E-state index is 12.9. The standard InChI is InChI=1S/C19H18Cl2F3N5O/c1-10-7-17(27-28(10)9-13-4-5-14(20)15(21)8-13)25-18(30)12(3)29-11(2)6-16(26-29)19(22,23)24/h4-8,12H,9H2,1-3H3,(H,25,27,30). The van der Waals surface area contributed by atoms with E-state index in [-0.39, 0.29) is 11.5 Å². The lowest BCUT2D eigenvalue weighted by Crippen LogP contribution is -2.26. The summed E-state index contributed by atoms with van der Waals surface area (Å²) in [4.78, 5) is 12.6. The number of amides is 1. The summed E-state index contributed by atoms with van der Waals surface area (Å²) in [7, 11) is 0. The molecule has 11 heteroatoms. The van der Waals surface area contributed by atoms with Crippen LogP contribution in [-0.2, 0) is 17.5 Å². The zero-order valence-corrected chi connectivity index (χ0v) is 17.8. The number of hydrogen-bond acceptors (Lipinski definition) is 3. The van der Waals surface area contributed by atoms with Crippen molar-refractivity contribution in [3.05, 3.63) is 63.0 Å². The van der Waals surface area contributed by atoms with Gasteiger partial charge in [0.2, 0.25) is 5.91 Å². The molecule has 6 nitrogen and oxygen atoms in total. The minimum absolute atomic E-state index is 0.228. The predicted octanol–water partition coefficient (Wildman–Crippen LogP) is 5.27. The molecule has 0 aliphatic carbocycles. The highest BCUT2D eigenvalue weighted by molar-refractivity contribution is 6.42. The van der Waals surface area contributed by atoms with Gasteiger partial charge in [-0.3, -0.25) is 14.2 Å². The number of aromatic nitrogens is 4. The third-order valence-electron chi connectivity index (χ3n) is 4.51. The molecule has 0 saturated heterocycles. The number of nitrogens with one attached hydrogen (secondary N) is 1. The van der Waals surface area contributed by atoms with Gasteiger partial charge >= 0.3 is 6.18 Å². The number of halogens is 5. The number of aryl methyl sites for hydroxylation is 2. The Morgan fingerprint density at radius 2 is 1.80 bits per heavy atom. The molecule has 1 amide bonds. The SMILES string of the molecule is Cc1cc(NC(=O)C(C)n2nc(C(F)(F)F)cc2C)nn1Cc1ccc(Cl)c(Cl)c1. The number of hydrogen-bond donors (Lipinski definition) is 1. The third kappa shape index (κ3) is 4.79. The Morgan fingerprint density at radius 3 is 2.40 bits per heavy atom. The van der Waals surface area contributed by atoms with E-state index in [4.69, 9.17) is 23.2 Å². The van der Waals surface area contributed by atoms with Gasteiger partial charge in [-0.2, -0.15) is 23.4 Å². The second-order valence-corrected chi connectivity index (χ2v) is 7.67. The molecule has 0 aliphatic heterocycles. The first kappa shape index (κ1) is 22.2. The second kappa shape index (κ2) is 8.31. The third-order valence-corrected chi connectivity index (χ3v) is 5.25. The molecule has 3 rings (SSSR count). The molecule has 1 unspecified atom stereocenters. The van der Waals surface area contributed by atoms with Gasteiger partial charge in [-0.1, -0.05) is 29.3 Å². The van der Waals surface area contributed by atoms with Crippen LogP contribution < -0.4 is 5.32 Å². The normalized spacial score (nSPS) is 12.8. The van der Waals surface area contributed by atoms with Gasteiger partial charge in [0.1, 0.15) is 6.04 Å². The maximum absolute atomic E-state index is 12.9. The molecule has 30 heavy (non-hydrogen) atoms. The highest BCUT2D eigenvalue weighted by Crippen LogP contribution is 2.29. The van der Waals surface area contributed by atoms with Crippen LogP contribution >= 0.6 is 23.2 Å². The molecular weight excluding hydrogens is 442 g/mol. The van der Waals surface area contributed by atoms with E-state index < -0.39 is 23.8 Å². The topological polar surface area (TPSA) is 64.7 Å². The molecule has 2 aromatic heterocycles. The van der Waals surface area contributed by atoms with Gasteiger partial charge in [0, 0.05) is 17.5 Å². The van der Waals surface area contributed by atoms with Gasteiger partial charge in [-0.15, -0.1) is 0 Å². The largest absolute Gasteiger partial charge is 0.435 e. The number of rotatable bonds is 5. The van der Waals surface area contributed by atoms with Crippen molar-refractivity contribution in [2.24, 2.45) is 0 Å². The smallest absolute Gasteiger partial charge is 0.307 e. The van der Waals surface area contributed by atoms with Crippen molar-refractivity contribution in [1.82, 2.24) is 19.6 Å². The quantitative estimate of drug-likeness (QED) is 0.564. The fraction of sp³-hybridized carbons (Fsp3) is 0.316. The van der Waals surface area contributed by atoms with Crippen LogP contribution in [0.3, 0.4) is 0 Å². The van der Waals surface area contributed by atoms with Gasteiger partial charge in [0.05, 0.1) is 16.6 Å². The van der Waals surface area contributed by atoms with Gasteiger partial charge in [0.25, 0.3) is 0 Å². The Labute approximate surface area is 180 Å². The van der Waals surface area contributed by atoms with E-state index in [1.54, 1.807) is 22.9 Å². The predicted molar refractivity (Wildman–Crippen MR) is 108 cm³/mol. The molecule has 2 heterocycles. The highest BCUT2D eigenvalue weighted by atomic mass is 35.5. The fourth-order valence-corrected chi connectivity index (χ4v) is 3.22. The van der Waals surface area contributed by atoms with Gasteiger partial charge in [-0.25, -0.2) is 0 Å². The first-order chi connectivity index (χ1) is 14.0. The van der Waals surface area contributed by atoms with Crippen LogP contribution in [0, 0.1) is 13.8 Å². The minimum Gasteiger partial charge on any atom is -0.307 e. The summed E-state index contributed by atoms with van der Waals surface area (Å²) in [6.07, 6.45) is -4.58. The van der Waals surface area contributed by atoms with E-state index >= 15 is 0 Å². The van der Waals surface area contributed by atoms with E-state index in [1.165, 1.54) is 13.8 Å². The van der Waals surface area contributed by atoms with E-state index in [1.807, 2.05) is 13.0 Å². The molecule has 160 valence electrons. The molecule has 0 spiro atoms. The summed E-state index contributed by atoms with van der Waals surface area (Å²) in [5, 5.41) is 11.4. The van der Waals surface area contributed by atoms with Crippen molar-refractivity contribution >= 4 is 34.9 Å². The van der Waals surface area contributed by atoms with E-state index in [0.29, 0.717) is 16.6 Å². The summed E-state index contributed by atoms with van der Waals surface area (Å²) >= 11 is 12.0. The summed E-state index contributed by atoms with van der Waals surface area (Å²) in [6.45, 7) is 5.15. The first-order valence-corrected chi connectivity index (χ1v) is 9.64. The molecule has 0 saturated carbocycles. The molecular formula is C19H18Cl2F3N5O. The van der Waals surface area contributed by atoms with Crippen molar-refractivity contribution in [3.8, 4) is 0 Å². The van der Waals surface area contributed by atoms with Crippen molar-refractivity contribution in [3.63, 3.8) is 0 Å². The van der Waals surface area contributed by atoms with E-state index in [0.717, 1.165) is 22.0 Å². The number of anilines is 1. The number of carbonyl (C=O) groups excluding carboxylic acids is 1. The van der Waals surface area contributed by atoms with Crippen molar-refractivity contribution in [1.29, 1.82) is 0 Å². The van der Waals surface area contributed by atoms with Crippen LogP contribution in [0.4, 0.5) is 19.0 Å². The zero-order chi connectivity index (χ0) is 22.2. The van der Waals surface area contributed by atoms with Crippen LogP contribution in [0.15, 0.2) is 30.3 Å². The van der Waals surface area contributed by atoms with Crippen LogP contribution in [0.25, 0.3) is 0 Å². The van der Waals surface area contributed by atoms with Crippen molar-refractivity contribution < 1.29 is 18.0 Å². The van der Waals surface area contributed by atoms with Gasteiger partial charge in [-0.05, 0) is 44.5 Å². The van der Waals surface area contributed by atoms with Crippen LogP contribution in [0.5, 0.6) is 0 Å². The Morgan fingerprint density at radius 1 is 1.10 bits per heavy atom. The molecule has 1 aromatic carbocycles. The van der Waals surface area contributed by atoms with Crippen molar-refractivity contribution in [2.45, 2.75) is 39.5 Å². The average Bonchev–Trinajstić information content (AvgIpc) is 3.20. The lowest BCUT2D eigenvalue weighted by atomic mass is 10.2. The molecule has 0 fully saturated rings. The van der Waals surface area contributed by atoms with Gasteiger partial charge < -0.3 is 5.32 Å². The molecule has 1 atom stereocenters. The minimum atomic E-state index is -4.58. The molecule has 0 bridgehead atoms. The molecule has 0 aliphatic rings. The summed E-state index contributed by atoms with van der Waals surface area (Å²) in [5.74, 6) is -0.251. The summed E-state index contributed by atoms with van der Waals surface area (Å²) in [5.41, 5.74) is 0.833. The number of alkyl halides is 3. The van der Waals surface area contributed by atoms with Crippen molar-refractivity contribution in [2.75, 3.05) is 5.32 Å². The lowest BCUT2D eigenvalue weighted by molar-refractivity contribution is -0.141. The Balaban J connectivity index is 1.73. The maximum Gasteiger partial charge on any atom is 0.435 e. The average molecular weight is 460 g/mol.